The normalized spacial score (nSPS) is 10.9. The van der Waals surface area contributed by atoms with Crippen LogP contribution in [-0.2, 0) is 0 Å². The van der Waals surface area contributed by atoms with Crippen LogP contribution in [0.2, 0.25) is 10.0 Å². The first-order valence-corrected chi connectivity index (χ1v) is 6.26. The molecule has 104 valence electrons. The van der Waals surface area contributed by atoms with Gasteiger partial charge in [-0.15, -0.1) is 0 Å². The summed E-state index contributed by atoms with van der Waals surface area (Å²) in [5.41, 5.74) is 3.15. The fraction of sp³-hybridized carbons (Fsp3) is 0.0833. The van der Waals surface area contributed by atoms with Crippen molar-refractivity contribution in [3.05, 3.63) is 49.9 Å². The molecule has 0 fully saturated rings. The monoisotopic (exact) mass is 312 g/mol. The maximum Gasteiger partial charge on any atom is 0.252 e. The van der Waals surface area contributed by atoms with Crippen molar-refractivity contribution < 1.29 is 5.11 Å². The molecule has 0 aliphatic rings. The van der Waals surface area contributed by atoms with Gasteiger partial charge in [0.25, 0.3) is 5.56 Å². The highest BCUT2D eigenvalue weighted by atomic mass is 35.5. The first-order valence-electron chi connectivity index (χ1n) is 5.51. The molecular formula is C12H10Cl2N4O2. The summed E-state index contributed by atoms with van der Waals surface area (Å²) in [4.78, 5) is 17.7. The Kier molecular flexibility index (Phi) is 4.26. The molecule has 0 aliphatic carbocycles. The van der Waals surface area contributed by atoms with Crippen LogP contribution in [0.15, 0.2) is 28.1 Å². The summed E-state index contributed by atoms with van der Waals surface area (Å²) >= 11 is 11.6. The highest BCUT2D eigenvalue weighted by Gasteiger charge is 2.05. The Labute approximate surface area is 124 Å². The van der Waals surface area contributed by atoms with Gasteiger partial charge in [0.05, 0.1) is 11.2 Å². The van der Waals surface area contributed by atoms with E-state index in [9.17, 15) is 9.90 Å². The van der Waals surface area contributed by atoms with Gasteiger partial charge in [-0.1, -0.05) is 23.2 Å². The lowest BCUT2D eigenvalue weighted by molar-refractivity contribution is 0.475. The molecule has 0 saturated heterocycles. The zero-order chi connectivity index (χ0) is 14.7. The Hall–Kier alpha value is -2.05. The van der Waals surface area contributed by atoms with Gasteiger partial charge in [-0.3, -0.25) is 9.78 Å². The molecule has 0 radical (unpaired) electrons. The van der Waals surface area contributed by atoms with Crippen molar-refractivity contribution in [3.8, 4) is 5.75 Å². The lowest BCUT2D eigenvalue weighted by Crippen LogP contribution is -2.10. The summed E-state index contributed by atoms with van der Waals surface area (Å²) in [7, 11) is 0. The van der Waals surface area contributed by atoms with E-state index in [1.807, 2.05) is 0 Å². The lowest BCUT2D eigenvalue weighted by Gasteiger charge is -2.03. The molecule has 0 aliphatic heterocycles. The van der Waals surface area contributed by atoms with Crippen LogP contribution in [-0.4, -0.2) is 21.3 Å². The van der Waals surface area contributed by atoms with E-state index in [4.69, 9.17) is 23.2 Å². The standard InChI is InChI=1S/C12H10Cl2N4O2/c1-6-2-10(19)17-12(16-6)18-15-5-7-3-8(13)4-9(14)11(7)20/h2-5,20H,1H3,(H2,16,17,18,19)/b15-5-. The first kappa shape index (κ1) is 14.4. The highest BCUT2D eigenvalue weighted by molar-refractivity contribution is 6.36. The number of H-pyrrole nitrogens is 1. The van der Waals surface area contributed by atoms with Gasteiger partial charge < -0.3 is 5.11 Å². The molecule has 20 heavy (non-hydrogen) atoms. The van der Waals surface area contributed by atoms with Crippen LogP contribution in [0, 0.1) is 6.92 Å². The number of nitrogens with one attached hydrogen (secondary N) is 2. The molecule has 1 heterocycles. The zero-order valence-corrected chi connectivity index (χ0v) is 11.8. The molecule has 8 heteroatoms. The predicted octanol–water partition coefficient (Wildman–Crippen LogP) is 2.54. The van der Waals surface area contributed by atoms with Gasteiger partial charge in [0, 0.05) is 22.3 Å². The molecule has 0 saturated carbocycles. The molecular weight excluding hydrogens is 303 g/mol. The van der Waals surface area contributed by atoms with Crippen LogP contribution in [0.1, 0.15) is 11.3 Å². The first-order chi connectivity index (χ1) is 9.45. The summed E-state index contributed by atoms with van der Waals surface area (Å²) in [6.45, 7) is 1.69. The van der Waals surface area contributed by atoms with Crippen molar-refractivity contribution in [1.29, 1.82) is 0 Å². The van der Waals surface area contributed by atoms with Crippen molar-refractivity contribution >= 4 is 35.4 Å². The minimum Gasteiger partial charge on any atom is -0.506 e. The SMILES string of the molecule is Cc1cc(=O)[nH]c(N/N=C\c2cc(Cl)cc(Cl)c2O)n1. The number of aromatic hydroxyl groups is 1. The number of aryl methyl sites for hydroxylation is 1. The Bertz CT molecular complexity index is 728. The second-order valence-corrected chi connectivity index (χ2v) is 4.77. The summed E-state index contributed by atoms with van der Waals surface area (Å²) in [5.74, 6) is 0.0613. The Balaban J connectivity index is 2.20. The number of nitrogens with zero attached hydrogens (tertiary/aromatic N) is 2. The maximum absolute atomic E-state index is 11.2. The molecule has 3 N–H and O–H groups in total. The molecule has 0 bridgehead atoms. The summed E-state index contributed by atoms with van der Waals surface area (Å²) in [6, 6.07) is 4.28. The van der Waals surface area contributed by atoms with E-state index in [2.05, 4.69) is 20.5 Å². The summed E-state index contributed by atoms with van der Waals surface area (Å²) in [5, 5.41) is 14.1. The molecule has 1 aromatic heterocycles. The van der Waals surface area contributed by atoms with E-state index < -0.39 is 0 Å². The predicted molar refractivity (Wildman–Crippen MR) is 78.9 cm³/mol. The van der Waals surface area contributed by atoms with Gasteiger partial charge in [-0.25, -0.2) is 10.4 Å². The van der Waals surface area contributed by atoms with Gasteiger partial charge in [0.15, 0.2) is 0 Å². The quantitative estimate of drug-likeness (QED) is 0.600. The number of phenols is 1. The number of hydrogen-bond acceptors (Lipinski definition) is 5. The van der Waals surface area contributed by atoms with E-state index in [-0.39, 0.29) is 22.3 Å². The van der Waals surface area contributed by atoms with Crippen LogP contribution in [0.25, 0.3) is 0 Å². The molecule has 0 unspecified atom stereocenters. The number of hydrogen-bond donors (Lipinski definition) is 3. The van der Waals surface area contributed by atoms with Crippen molar-refractivity contribution in [2.75, 3.05) is 5.43 Å². The zero-order valence-electron chi connectivity index (χ0n) is 10.3. The van der Waals surface area contributed by atoms with Crippen molar-refractivity contribution in [1.82, 2.24) is 9.97 Å². The molecule has 0 spiro atoms. The topological polar surface area (TPSA) is 90.4 Å². The lowest BCUT2D eigenvalue weighted by atomic mass is 10.2. The molecule has 0 amide bonds. The average Bonchev–Trinajstić information content (AvgIpc) is 2.34. The van der Waals surface area contributed by atoms with Crippen molar-refractivity contribution in [2.24, 2.45) is 5.10 Å². The Morgan fingerprint density at radius 2 is 2.15 bits per heavy atom. The molecule has 6 nitrogen and oxygen atoms in total. The molecule has 2 rings (SSSR count). The number of hydrazone groups is 1. The minimum atomic E-state index is -0.288. The van der Waals surface area contributed by atoms with Crippen molar-refractivity contribution in [3.63, 3.8) is 0 Å². The smallest absolute Gasteiger partial charge is 0.252 e. The number of phenolic OH excluding ortho intramolecular Hbond substituents is 1. The molecule has 1 aromatic carbocycles. The van der Waals surface area contributed by atoms with Gasteiger partial charge in [0.2, 0.25) is 5.95 Å². The van der Waals surface area contributed by atoms with Crippen LogP contribution in [0.5, 0.6) is 5.75 Å². The number of aromatic amines is 1. The van der Waals surface area contributed by atoms with E-state index in [1.165, 1.54) is 24.4 Å². The third-order valence-electron chi connectivity index (χ3n) is 2.30. The third kappa shape index (κ3) is 3.49. The van der Waals surface area contributed by atoms with Gasteiger partial charge in [-0.05, 0) is 19.1 Å². The van der Waals surface area contributed by atoms with Crippen LogP contribution >= 0.6 is 23.2 Å². The number of halogens is 2. The number of anilines is 1. The fourth-order valence-electron chi connectivity index (χ4n) is 1.48. The second-order valence-electron chi connectivity index (χ2n) is 3.93. The fourth-order valence-corrected chi connectivity index (χ4v) is 1.99. The second kappa shape index (κ2) is 5.94. The Morgan fingerprint density at radius 3 is 2.85 bits per heavy atom. The Morgan fingerprint density at radius 1 is 1.40 bits per heavy atom. The number of benzene rings is 1. The molecule has 2 aromatic rings. The number of aromatic nitrogens is 2. The number of rotatable bonds is 3. The largest absolute Gasteiger partial charge is 0.506 e. The van der Waals surface area contributed by atoms with E-state index in [0.29, 0.717) is 16.3 Å². The van der Waals surface area contributed by atoms with E-state index in [0.717, 1.165) is 0 Å². The third-order valence-corrected chi connectivity index (χ3v) is 2.81. The minimum absolute atomic E-state index is 0.126. The van der Waals surface area contributed by atoms with E-state index >= 15 is 0 Å². The van der Waals surface area contributed by atoms with Gasteiger partial charge in [-0.2, -0.15) is 5.10 Å². The van der Waals surface area contributed by atoms with E-state index in [1.54, 1.807) is 6.92 Å². The van der Waals surface area contributed by atoms with Gasteiger partial charge >= 0.3 is 0 Å². The average molecular weight is 313 g/mol. The van der Waals surface area contributed by atoms with Crippen LogP contribution < -0.4 is 11.0 Å². The van der Waals surface area contributed by atoms with Gasteiger partial charge in [0.1, 0.15) is 5.75 Å². The summed E-state index contributed by atoms with van der Waals surface area (Å²) < 4.78 is 0. The van der Waals surface area contributed by atoms with Crippen LogP contribution in [0.4, 0.5) is 5.95 Å². The molecule has 0 atom stereocenters. The highest BCUT2D eigenvalue weighted by Crippen LogP contribution is 2.29. The summed E-state index contributed by atoms with van der Waals surface area (Å²) in [6.07, 6.45) is 1.31. The van der Waals surface area contributed by atoms with Crippen molar-refractivity contribution in [2.45, 2.75) is 6.92 Å². The maximum atomic E-state index is 11.2. The van der Waals surface area contributed by atoms with Crippen LogP contribution in [0.3, 0.4) is 0 Å².